The number of aliphatic hydroxyl groups excluding tert-OH is 3. The topological polar surface area (TPSA) is 261 Å². The Balaban J connectivity index is 1.45. The molecule has 0 unspecified atom stereocenters. The number of para-hydroxylation sites is 1. The number of alkyl carbamates (subject to hydrolysis) is 1. The van der Waals surface area contributed by atoms with Crippen molar-refractivity contribution < 1.29 is 81.9 Å². The van der Waals surface area contributed by atoms with Crippen molar-refractivity contribution in [3.05, 3.63) is 48.2 Å². The summed E-state index contributed by atoms with van der Waals surface area (Å²) in [5.41, 5.74) is 0.314. The average molecular weight is 1070 g/mol. The lowest BCUT2D eigenvalue weighted by Gasteiger charge is -2.50. The van der Waals surface area contributed by atoms with Crippen LogP contribution in [0.25, 0.3) is 17.0 Å². The van der Waals surface area contributed by atoms with Crippen LogP contribution in [-0.2, 0) is 61.8 Å². The molecule has 0 aliphatic carbocycles. The van der Waals surface area contributed by atoms with Gasteiger partial charge in [0, 0.05) is 63.9 Å². The predicted molar refractivity (Wildman–Crippen MR) is 278 cm³/mol. The van der Waals surface area contributed by atoms with Gasteiger partial charge in [0.2, 0.25) is 0 Å². The van der Waals surface area contributed by atoms with Gasteiger partial charge in [-0.05, 0) is 97.3 Å². The lowest BCUT2D eigenvalue weighted by Crippen LogP contribution is -2.66. The van der Waals surface area contributed by atoms with Crippen LogP contribution >= 0.6 is 0 Å². The SMILES string of the molecule is CCC(=O)O[C@@H]1CC(=O)O[C@@H](C/C=C/c2cnc3ccccc3c2)CCCN(C)C[C@H](O)[C@H](C)C[C@H](CC=O)[C@H](O[C@@H]2O[C@H](C)[C@@H](O[C@H]3C[C@@](C)(OC(=O)CC)[C@@H](OC(=O)NCCO)[C@H](C)O3)[C@H](N(C)C)[C@H]2O)[C@H]1OC. The number of hydrogen-bond donors (Lipinski definition) is 4. The van der Waals surface area contributed by atoms with Gasteiger partial charge in [-0.3, -0.25) is 19.4 Å². The average Bonchev–Trinajstić information content (AvgIpc) is 3.37. The fourth-order valence-electron chi connectivity index (χ4n) is 10.5. The number of ether oxygens (including phenoxy) is 9. The molecule has 1 aromatic carbocycles. The van der Waals surface area contributed by atoms with Crippen molar-refractivity contribution >= 4 is 47.3 Å². The van der Waals surface area contributed by atoms with E-state index in [1.54, 1.807) is 59.8 Å². The van der Waals surface area contributed by atoms with Gasteiger partial charge in [-0.1, -0.05) is 51.1 Å². The number of methoxy groups -OCH3 is 1. The molecule has 0 bridgehead atoms. The molecule has 4 N–H and O–H groups in total. The van der Waals surface area contributed by atoms with Crippen LogP contribution in [0.5, 0.6) is 0 Å². The molecule has 16 atom stereocenters. The zero-order valence-corrected chi connectivity index (χ0v) is 45.9. The maximum Gasteiger partial charge on any atom is 0.407 e. The normalized spacial score (nSPS) is 33.6. The first-order valence-corrected chi connectivity index (χ1v) is 26.7. The van der Waals surface area contributed by atoms with Gasteiger partial charge in [0.1, 0.15) is 36.8 Å². The molecule has 21 nitrogen and oxygen atoms in total. The molecular weight excluding hydrogens is 989 g/mol. The van der Waals surface area contributed by atoms with E-state index in [9.17, 15) is 39.3 Å². The van der Waals surface area contributed by atoms with E-state index < -0.39 is 128 Å². The number of pyridine rings is 1. The lowest BCUT2D eigenvalue weighted by molar-refractivity contribution is -0.344. The van der Waals surface area contributed by atoms with Crippen molar-refractivity contribution in [2.24, 2.45) is 11.8 Å². The molecule has 3 aliphatic rings. The molecule has 1 aromatic heterocycles. The number of aliphatic hydroxyl groups is 3. The Labute approximate surface area is 447 Å². The summed E-state index contributed by atoms with van der Waals surface area (Å²) in [4.78, 5) is 74.0. The molecular formula is C55H84N4O17. The van der Waals surface area contributed by atoms with E-state index in [1.165, 1.54) is 7.11 Å². The number of benzene rings is 1. The van der Waals surface area contributed by atoms with E-state index in [2.05, 4.69) is 10.3 Å². The van der Waals surface area contributed by atoms with E-state index in [1.807, 2.05) is 61.4 Å². The molecule has 76 heavy (non-hydrogen) atoms. The maximum atomic E-state index is 14.2. The Morgan fingerprint density at radius 3 is 2.41 bits per heavy atom. The first-order chi connectivity index (χ1) is 36.2. The van der Waals surface area contributed by atoms with E-state index in [4.69, 9.17) is 42.6 Å². The van der Waals surface area contributed by atoms with Crippen LogP contribution in [0.1, 0.15) is 105 Å². The second kappa shape index (κ2) is 29.9. The monoisotopic (exact) mass is 1070 g/mol. The summed E-state index contributed by atoms with van der Waals surface area (Å²) < 4.78 is 56.3. The molecule has 3 aliphatic heterocycles. The van der Waals surface area contributed by atoms with Crippen LogP contribution in [0, 0.1) is 11.8 Å². The van der Waals surface area contributed by atoms with Crippen LogP contribution < -0.4 is 5.32 Å². The number of carbonyl (C=O) groups excluding carboxylic acids is 5. The van der Waals surface area contributed by atoms with Crippen molar-refractivity contribution in [1.29, 1.82) is 0 Å². The summed E-state index contributed by atoms with van der Waals surface area (Å²) in [7, 11) is 6.76. The summed E-state index contributed by atoms with van der Waals surface area (Å²) in [6, 6.07) is 8.97. The first kappa shape index (κ1) is 62.2. The number of rotatable bonds is 18. The smallest absolute Gasteiger partial charge is 0.407 e. The second-order valence-electron chi connectivity index (χ2n) is 20.8. The molecule has 0 radical (unpaired) electrons. The number of fused-ring (bicyclic) bond motifs is 1. The quantitative estimate of drug-likeness (QED) is 0.0920. The van der Waals surface area contributed by atoms with Gasteiger partial charge in [0.25, 0.3) is 0 Å². The summed E-state index contributed by atoms with van der Waals surface area (Å²) in [5, 5.41) is 36.8. The van der Waals surface area contributed by atoms with E-state index >= 15 is 0 Å². The number of esters is 3. The molecule has 0 saturated carbocycles. The molecule has 0 spiro atoms. The molecule has 1 amide bonds. The van der Waals surface area contributed by atoms with Crippen molar-refractivity contribution in [1.82, 2.24) is 20.1 Å². The summed E-state index contributed by atoms with van der Waals surface area (Å²) in [5.74, 6) is -2.99. The number of aromatic nitrogens is 1. The fraction of sp³-hybridized carbons (Fsp3) is 0.709. The van der Waals surface area contributed by atoms with Gasteiger partial charge in [-0.2, -0.15) is 0 Å². The number of nitrogens with one attached hydrogen (secondary N) is 1. The largest absolute Gasteiger partial charge is 0.462 e. The van der Waals surface area contributed by atoms with Crippen molar-refractivity contribution in [3.63, 3.8) is 0 Å². The Hall–Kier alpha value is -4.68. The van der Waals surface area contributed by atoms with E-state index in [0.717, 1.165) is 22.8 Å². The van der Waals surface area contributed by atoms with Crippen LogP contribution in [0.4, 0.5) is 4.79 Å². The highest BCUT2D eigenvalue weighted by Crippen LogP contribution is 2.39. The molecule has 426 valence electrons. The zero-order chi connectivity index (χ0) is 55.7. The molecule has 4 heterocycles. The van der Waals surface area contributed by atoms with Crippen LogP contribution in [0.2, 0.25) is 0 Å². The number of cyclic esters (lactones) is 1. The second-order valence-corrected chi connectivity index (χ2v) is 20.8. The summed E-state index contributed by atoms with van der Waals surface area (Å²) >= 11 is 0. The van der Waals surface area contributed by atoms with Gasteiger partial charge < -0.3 is 77.9 Å². The highest BCUT2D eigenvalue weighted by atomic mass is 16.7. The fourth-order valence-corrected chi connectivity index (χ4v) is 10.5. The standard InChI is InChI=1S/C55H84N4O17/c1-11-43(63)72-42-29-45(65)71-39(19-15-17-36-28-37-18-13-14-21-40(37)57-31-36)20-16-24-59(9)32-41(62)33(3)27-38(22-25-60)50(51(42)68-10)74-53-48(66)47(58(7)8)49(34(4)70-53)73-46-30-55(6,76-44(64)12-2)52(35(5)69-46)75-54(67)56-23-26-61/h13-15,17-18,21,25,28,31,33-35,38-39,41-42,46-53,61-62,66H,11-12,16,19-20,22-24,26-27,29-30,32H2,1-10H3,(H,56,67)/b17-15+/t33-,34-,35+,38+,39+,41+,42-,46+,47-,48-,49-,50+,51+,52+,53+,55-/m1/s1. The minimum Gasteiger partial charge on any atom is -0.462 e. The molecule has 3 fully saturated rings. The van der Waals surface area contributed by atoms with Crippen LogP contribution in [-0.4, -0.2) is 200 Å². The third-order valence-electron chi connectivity index (χ3n) is 14.5. The van der Waals surface area contributed by atoms with Crippen LogP contribution in [0.15, 0.2) is 42.6 Å². The van der Waals surface area contributed by atoms with Crippen LogP contribution in [0.3, 0.4) is 0 Å². The third kappa shape index (κ3) is 17.4. The minimum atomic E-state index is -1.47. The molecule has 21 heteroatoms. The number of nitrogens with zero attached hydrogens (tertiary/aromatic N) is 3. The lowest BCUT2D eigenvalue weighted by atomic mass is 9.82. The molecule has 3 saturated heterocycles. The Morgan fingerprint density at radius 2 is 1.72 bits per heavy atom. The highest BCUT2D eigenvalue weighted by molar-refractivity contribution is 5.80. The first-order valence-electron chi connectivity index (χ1n) is 26.7. The van der Waals surface area contributed by atoms with Gasteiger partial charge in [-0.15, -0.1) is 0 Å². The predicted octanol–water partition coefficient (Wildman–Crippen LogP) is 4.33. The van der Waals surface area contributed by atoms with E-state index in [0.29, 0.717) is 32.4 Å². The minimum absolute atomic E-state index is 0.0371. The van der Waals surface area contributed by atoms with Gasteiger partial charge >= 0.3 is 24.0 Å². The number of amides is 1. The Kier molecular flexibility index (Phi) is 24.5. The van der Waals surface area contributed by atoms with E-state index in [-0.39, 0.29) is 45.3 Å². The molecule has 5 rings (SSSR count). The number of hydrogen-bond acceptors (Lipinski definition) is 20. The molecule has 2 aromatic rings. The Bertz CT molecular complexity index is 2200. The summed E-state index contributed by atoms with van der Waals surface area (Å²) in [6.45, 7) is 10.6. The van der Waals surface area contributed by atoms with Gasteiger partial charge in [0.05, 0.1) is 49.0 Å². The van der Waals surface area contributed by atoms with Crippen molar-refractivity contribution in [3.8, 4) is 0 Å². The number of aldehydes is 1. The highest BCUT2D eigenvalue weighted by Gasteiger charge is 2.55. The van der Waals surface area contributed by atoms with Crippen molar-refractivity contribution in [2.75, 3.05) is 54.5 Å². The number of carbonyl (C=O) groups is 5. The zero-order valence-electron chi connectivity index (χ0n) is 45.9. The van der Waals surface area contributed by atoms with Gasteiger partial charge in [-0.25, -0.2) is 4.79 Å². The maximum absolute atomic E-state index is 14.2. The van der Waals surface area contributed by atoms with Gasteiger partial charge in [0.15, 0.2) is 24.3 Å². The number of likely N-dealkylation sites (N-methyl/N-ethyl adjacent to an activating group) is 2. The number of β-amino-alcohol motifs (C(OH)–C–C–N with tert-alkyl or cyclic N) is 1. The summed E-state index contributed by atoms with van der Waals surface area (Å²) in [6.07, 6.45) is -6.27. The van der Waals surface area contributed by atoms with Crippen molar-refractivity contribution in [2.45, 2.75) is 185 Å². The Morgan fingerprint density at radius 1 is 0.987 bits per heavy atom. The third-order valence-corrected chi connectivity index (χ3v) is 14.5.